The fourth-order valence-corrected chi connectivity index (χ4v) is 1.78. The average molecular weight is 261 g/mol. The molecule has 0 aliphatic rings. The Labute approximate surface area is 112 Å². The molecule has 2 rings (SSSR count). The van der Waals surface area contributed by atoms with E-state index in [0.717, 1.165) is 35.1 Å². The molecule has 2 heterocycles. The van der Waals surface area contributed by atoms with E-state index in [4.69, 9.17) is 10.3 Å². The van der Waals surface area contributed by atoms with Crippen LogP contribution in [-0.4, -0.2) is 9.97 Å². The SMILES string of the molecule is CCc1nc(NN)c(C)c(NCc2ccc(C)o2)n1. The number of hydrogen-bond acceptors (Lipinski definition) is 6. The van der Waals surface area contributed by atoms with Gasteiger partial charge in [0.1, 0.15) is 29.0 Å². The Kier molecular flexibility index (Phi) is 4.01. The highest BCUT2D eigenvalue weighted by atomic mass is 16.3. The monoisotopic (exact) mass is 261 g/mol. The molecule has 0 saturated heterocycles. The van der Waals surface area contributed by atoms with Crippen LogP contribution in [0, 0.1) is 13.8 Å². The highest BCUT2D eigenvalue weighted by Gasteiger charge is 2.09. The second-order valence-corrected chi connectivity index (χ2v) is 4.33. The second-order valence-electron chi connectivity index (χ2n) is 4.33. The molecule has 2 aromatic heterocycles. The maximum Gasteiger partial charge on any atom is 0.148 e. The van der Waals surface area contributed by atoms with Gasteiger partial charge >= 0.3 is 0 Å². The van der Waals surface area contributed by atoms with Crippen LogP contribution in [0.1, 0.15) is 29.8 Å². The summed E-state index contributed by atoms with van der Waals surface area (Å²) in [6, 6.07) is 3.88. The van der Waals surface area contributed by atoms with Crippen LogP contribution in [0.2, 0.25) is 0 Å². The summed E-state index contributed by atoms with van der Waals surface area (Å²) in [5.74, 6) is 9.40. The lowest BCUT2D eigenvalue weighted by Gasteiger charge is -2.12. The van der Waals surface area contributed by atoms with Gasteiger partial charge < -0.3 is 15.2 Å². The average Bonchev–Trinajstić information content (AvgIpc) is 2.83. The number of aryl methyl sites for hydroxylation is 2. The van der Waals surface area contributed by atoms with Gasteiger partial charge in [0.25, 0.3) is 0 Å². The van der Waals surface area contributed by atoms with Gasteiger partial charge in [0.15, 0.2) is 0 Å². The number of hydrogen-bond donors (Lipinski definition) is 3. The quantitative estimate of drug-likeness (QED) is 0.564. The number of aromatic nitrogens is 2. The Morgan fingerprint density at radius 2 is 1.95 bits per heavy atom. The predicted octanol–water partition coefficient (Wildman–Crippen LogP) is 2.15. The van der Waals surface area contributed by atoms with Crippen molar-refractivity contribution >= 4 is 11.6 Å². The summed E-state index contributed by atoms with van der Waals surface area (Å²) >= 11 is 0. The lowest BCUT2D eigenvalue weighted by molar-refractivity contribution is 0.490. The first-order chi connectivity index (χ1) is 9.13. The fourth-order valence-electron chi connectivity index (χ4n) is 1.78. The highest BCUT2D eigenvalue weighted by molar-refractivity contribution is 5.56. The van der Waals surface area contributed by atoms with Crippen LogP contribution < -0.4 is 16.6 Å². The van der Waals surface area contributed by atoms with Crippen molar-refractivity contribution in [2.45, 2.75) is 33.7 Å². The highest BCUT2D eigenvalue weighted by Crippen LogP contribution is 2.20. The molecule has 4 N–H and O–H groups in total. The van der Waals surface area contributed by atoms with Crippen LogP contribution in [0.4, 0.5) is 11.6 Å². The maximum atomic E-state index is 5.51. The molecule has 0 bridgehead atoms. The molecule has 2 aromatic rings. The largest absolute Gasteiger partial charge is 0.465 e. The van der Waals surface area contributed by atoms with Crippen molar-refractivity contribution in [2.75, 3.05) is 10.7 Å². The predicted molar refractivity (Wildman–Crippen MR) is 74.7 cm³/mol. The van der Waals surface area contributed by atoms with Crippen LogP contribution in [0.3, 0.4) is 0 Å². The van der Waals surface area contributed by atoms with Gasteiger partial charge in [-0.25, -0.2) is 15.8 Å². The number of nitrogen functional groups attached to an aromatic ring is 1. The zero-order valence-electron chi connectivity index (χ0n) is 11.4. The van der Waals surface area contributed by atoms with Gasteiger partial charge in [0.2, 0.25) is 0 Å². The van der Waals surface area contributed by atoms with E-state index < -0.39 is 0 Å². The summed E-state index contributed by atoms with van der Waals surface area (Å²) in [6.45, 7) is 6.43. The van der Waals surface area contributed by atoms with Crippen LogP contribution in [-0.2, 0) is 13.0 Å². The van der Waals surface area contributed by atoms with E-state index in [0.29, 0.717) is 12.4 Å². The van der Waals surface area contributed by atoms with Crippen LogP contribution >= 0.6 is 0 Å². The minimum atomic E-state index is 0.582. The molecule has 0 aromatic carbocycles. The van der Waals surface area contributed by atoms with Gasteiger partial charge in [-0.3, -0.25) is 0 Å². The summed E-state index contributed by atoms with van der Waals surface area (Å²) in [7, 11) is 0. The Bertz CT molecular complexity index is 564. The zero-order chi connectivity index (χ0) is 13.8. The Balaban J connectivity index is 2.19. The summed E-state index contributed by atoms with van der Waals surface area (Å²) < 4.78 is 5.51. The van der Waals surface area contributed by atoms with E-state index in [1.807, 2.05) is 32.9 Å². The third-order valence-electron chi connectivity index (χ3n) is 2.87. The molecule has 0 unspecified atom stereocenters. The molecule has 0 radical (unpaired) electrons. The molecule has 102 valence electrons. The maximum absolute atomic E-state index is 5.51. The topological polar surface area (TPSA) is 89.0 Å². The van der Waals surface area contributed by atoms with E-state index in [1.165, 1.54) is 0 Å². The molecule has 0 aliphatic carbocycles. The van der Waals surface area contributed by atoms with Gasteiger partial charge in [-0.05, 0) is 26.0 Å². The minimum Gasteiger partial charge on any atom is -0.465 e. The number of rotatable bonds is 5. The molecule has 0 amide bonds. The first-order valence-electron chi connectivity index (χ1n) is 6.27. The summed E-state index contributed by atoms with van der Waals surface area (Å²) in [5.41, 5.74) is 3.49. The molecule has 0 spiro atoms. The molecule has 0 atom stereocenters. The van der Waals surface area contributed by atoms with Crippen molar-refractivity contribution in [3.05, 3.63) is 35.0 Å². The molecule has 0 saturated carbocycles. The third kappa shape index (κ3) is 3.03. The lowest BCUT2D eigenvalue weighted by Crippen LogP contribution is -2.14. The smallest absolute Gasteiger partial charge is 0.148 e. The fraction of sp³-hybridized carbons (Fsp3) is 0.385. The number of nitrogens with one attached hydrogen (secondary N) is 2. The number of nitrogens with two attached hydrogens (primary N) is 1. The van der Waals surface area contributed by atoms with Gasteiger partial charge in [-0.2, -0.15) is 0 Å². The molecule has 6 nitrogen and oxygen atoms in total. The lowest BCUT2D eigenvalue weighted by atomic mass is 10.3. The van der Waals surface area contributed by atoms with E-state index >= 15 is 0 Å². The Morgan fingerprint density at radius 1 is 1.21 bits per heavy atom. The number of nitrogens with zero attached hydrogens (tertiary/aromatic N) is 2. The third-order valence-corrected chi connectivity index (χ3v) is 2.87. The van der Waals surface area contributed by atoms with Crippen molar-refractivity contribution in [1.29, 1.82) is 0 Å². The minimum absolute atomic E-state index is 0.582. The van der Waals surface area contributed by atoms with E-state index in [-0.39, 0.29) is 0 Å². The molecule has 0 aliphatic heterocycles. The van der Waals surface area contributed by atoms with Crippen molar-refractivity contribution in [2.24, 2.45) is 5.84 Å². The first kappa shape index (κ1) is 13.4. The van der Waals surface area contributed by atoms with E-state index in [2.05, 4.69) is 20.7 Å². The van der Waals surface area contributed by atoms with Crippen molar-refractivity contribution < 1.29 is 4.42 Å². The normalized spacial score (nSPS) is 10.5. The molecular weight excluding hydrogens is 242 g/mol. The zero-order valence-corrected chi connectivity index (χ0v) is 11.4. The molecule has 6 heteroatoms. The summed E-state index contributed by atoms with van der Waals surface area (Å²) in [4.78, 5) is 8.78. The molecule has 19 heavy (non-hydrogen) atoms. The van der Waals surface area contributed by atoms with Crippen molar-refractivity contribution in [1.82, 2.24) is 9.97 Å². The first-order valence-corrected chi connectivity index (χ1v) is 6.27. The molecule has 0 fully saturated rings. The van der Waals surface area contributed by atoms with Gasteiger partial charge in [0, 0.05) is 12.0 Å². The van der Waals surface area contributed by atoms with Gasteiger partial charge in [-0.15, -0.1) is 0 Å². The van der Waals surface area contributed by atoms with Crippen LogP contribution in [0.15, 0.2) is 16.5 Å². The second kappa shape index (κ2) is 5.71. The van der Waals surface area contributed by atoms with Gasteiger partial charge in [-0.1, -0.05) is 6.92 Å². The van der Waals surface area contributed by atoms with E-state index in [9.17, 15) is 0 Å². The molecular formula is C13H19N5O. The van der Waals surface area contributed by atoms with Crippen LogP contribution in [0.5, 0.6) is 0 Å². The number of anilines is 2. The Hall–Kier alpha value is -2.08. The Morgan fingerprint density at radius 3 is 2.53 bits per heavy atom. The number of hydrazine groups is 1. The number of furan rings is 1. The van der Waals surface area contributed by atoms with Crippen LogP contribution in [0.25, 0.3) is 0 Å². The van der Waals surface area contributed by atoms with Gasteiger partial charge in [0.05, 0.1) is 6.54 Å². The van der Waals surface area contributed by atoms with Crippen molar-refractivity contribution in [3.8, 4) is 0 Å². The van der Waals surface area contributed by atoms with Crippen molar-refractivity contribution in [3.63, 3.8) is 0 Å². The van der Waals surface area contributed by atoms with E-state index in [1.54, 1.807) is 0 Å². The standard InChI is InChI=1S/C13H19N5O/c1-4-11-16-12(9(3)13(17-11)18-14)15-7-10-6-5-8(2)19-10/h5-6H,4,7,14H2,1-3H3,(H2,15,16,17,18). The summed E-state index contributed by atoms with van der Waals surface area (Å²) in [5, 5.41) is 3.25. The summed E-state index contributed by atoms with van der Waals surface area (Å²) in [6.07, 6.45) is 0.753.